The fourth-order valence-corrected chi connectivity index (χ4v) is 9.15. The van der Waals surface area contributed by atoms with E-state index in [0.29, 0.717) is 23.3 Å². The van der Waals surface area contributed by atoms with E-state index in [-0.39, 0.29) is 11.2 Å². The van der Waals surface area contributed by atoms with E-state index in [4.69, 9.17) is 0 Å². The molecule has 0 bridgehead atoms. The van der Waals surface area contributed by atoms with Gasteiger partial charge in [0.25, 0.3) is 0 Å². The van der Waals surface area contributed by atoms with Gasteiger partial charge in [-0.3, -0.25) is 4.79 Å². The van der Waals surface area contributed by atoms with E-state index in [1.165, 1.54) is 57.8 Å². The highest BCUT2D eigenvalue weighted by molar-refractivity contribution is 5.96. The molecule has 0 aromatic heterocycles. The molecule has 0 aliphatic heterocycles. The summed E-state index contributed by atoms with van der Waals surface area (Å²) < 4.78 is 0. The molecule has 8 atom stereocenters. The average molecular weight is 415 g/mol. The molecule has 4 aliphatic rings. The molecular formula is C28H46O2. The number of carbonyl (C=O) groups is 1. The number of aliphatic hydroxyl groups is 1. The summed E-state index contributed by atoms with van der Waals surface area (Å²) in [6, 6.07) is 0. The summed E-state index contributed by atoms with van der Waals surface area (Å²) in [6.07, 6.45) is 14.9. The Bertz CT molecular complexity index is 678. The molecule has 0 saturated heterocycles. The topological polar surface area (TPSA) is 37.3 Å². The van der Waals surface area contributed by atoms with Gasteiger partial charge in [0.1, 0.15) is 0 Å². The molecule has 0 aromatic rings. The molecule has 4 saturated carbocycles. The maximum Gasteiger partial charge on any atom is 0.162 e. The van der Waals surface area contributed by atoms with Crippen molar-refractivity contribution in [3.63, 3.8) is 0 Å². The van der Waals surface area contributed by atoms with E-state index in [1.54, 1.807) is 0 Å². The summed E-state index contributed by atoms with van der Waals surface area (Å²) >= 11 is 0. The van der Waals surface area contributed by atoms with Crippen molar-refractivity contribution in [2.45, 2.75) is 105 Å². The number of hydrogen-bond donors (Lipinski definition) is 1. The Morgan fingerprint density at radius 1 is 1.00 bits per heavy atom. The molecule has 30 heavy (non-hydrogen) atoms. The van der Waals surface area contributed by atoms with Crippen LogP contribution in [-0.2, 0) is 4.79 Å². The van der Waals surface area contributed by atoms with Crippen molar-refractivity contribution in [3.05, 3.63) is 11.8 Å². The van der Waals surface area contributed by atoms with Gasteiger partial charge in [-0.15, -0.1) is 0 Å². The van der Waals surface area contributed by atoms with Gasteiger partial charge in [-0.1, -0.05) is 53.9 Å². The maximum absolute atomic E-state index is 12.4. The highest BCUT2D eigenvalue weighted by Gasteiger charge is 2.61. The predicted molar refractivity (Wildman–Crippen MR) is 124 cm³/mol. The van der Waals surface area contributed by atoms with Crippen molar-refractivity contribution in [2.75, 3.05) is 0 Å². The second kappa shape index (κ2) is 8.28. The van der Waals surface area contributed by atoms with E-state index in [0.717, 1.165) is 48.2 Å². The first-order valence-electron chi connectivity index (χ1n) is 13.1. The van der Waals surface area contributed by atoms with Crippen molar-refractivity contribution < 1.29 is 9.90 Å². The van der Waals surface area contributed by atoms with Crippen molar-refractivity contribution >= 4 is 5.78 Å². The highest BCUT2D eigenvalue weighted by Crippen LogP contribution is 2.68. The first kappa shape index (κ1) is 22.4. The first-order chi connectivity index (χ1) is 14.2. The number of aliphatic hydroxyl groups excluding tert-OH is 1. The van der Waals surface area contributed by atoms with Crippen LogP contribution in [0, 0.1) is 52.3 Å². The minimum atomic E-state index is 0.204. The number of carbonyl (C=O) groups excluding carboxylic acids is 1. The fourth-order valence-electron chi connectivity index (χ4n) is 9.15. The van der Waals surface area contributed by atoms with Crippen LogP contribution in [0.25, 0.3) is 0 Å². The molecule has 0 unspecified atom stereocenters. The van der Waals surface area contributed by atoms with Gasteiger partial charge in [0.2, 0.25) is 0 Å². The zero-order valence-electron chi connectivity index (χ0n) is 20.3. The molecule has 0 spiro atoms. The number of Topliss-reactive ketones (excluding diaryl/α,β-unsaturated/α-hetero) is 1. The third-order valence-electron chi connectivity index (χ3n) is 10.8. The molecule has 170 valence electrons. The lowest BCUT2D eigenvalue weighted by Crippen LogP contribution is -2.54. The summed E-state index contributed by atoms with van der Waals surface area (Å²) in [7, 11) is 0. The number of hydrogen-bond acceptors (Lipinski definition) is 2. The van der Waals surface area contributed by atoms with Crippen molar-refractivity contribution in [1.82, 2.24) is 0 Å². The van der Waals surface area contributed by atoms with Gasteiger partial charge in [-0.2, -0.15) is 0 Å². The van der Waals surface area contributed by atoms with Gasteiger partial charge in [0.05, 0.1) is 6.26 Å². The molecule has 1 N–H and O–H groups in total. The van der Waals surface area contributed by atoms with Gasteiger partial charge in [0.15, 0.2) is 5.78 Å². The standard InChI is InChI=1S/C28H46O2/c1-18(2)7-6-8-19(3)23-11-12-24-22-10-9-21-15-26(30)20(17-29)16-28(21,5)25(22)13-14-27(23,24)4/h17-19,21-25,29H,6-16H2,1-5H3/b20-17-/t19-,21-,22+,23-,24+,25+,27-,28+/m1/s1. The van der Waals surface area contributed by atoms with E-state index < -0.39 is 0 Å². The van der Waals surface area contributed by atoms with Crippen molar-refractivity contribution in [1.29, 1.82) is 0 Å². The minimum absolute atomic E-state index is 0.204. The average Bonchev–Trinajstić information content (AvgIpc) is 3.05. The molecule has 2 heteroatoms. The second-order valence-corrected chi connectivity index (χ2v) is 12.6. The van der Waals surface area contributed by atoms with E-state index >= 15 is 0 Å². The zero-order valence-corrected chi connectivity index (χ0v) is 20.3. The maximum atomic E-state index is 12.4. The van der Waals surface area contributed by atoms with Gasteiger partial charge >= 0.3 is 0 Å². The quantitative estimate of drug-likeness (QED) is 0.369. The van der Waals surface area contributed by atoms with Crippen molar-refractivity contribution in [3.8, 4) is 0 Å². The number of rotatable bonds is 5. The second-order valence-electron chi connectivity index (χ2n) is 12.6. The van der Waals surface area contributed by atoms with Crippen LogP contribution in [0.3, 0.4) is 0 Å². The zero-order chi connectivity index (χ0) is 21.7. The third-order valence-corrected chi connectivity index (χ3v) is 10.8. The van der Waals surface area contributed by atoms with Crippen LogP contribution >= 0.6 is 0 Å². The Kier molecular flexibility index (Phi) is 6.19. The van der Waals surface area contributed by atoms with Crippen LogP contribution in [-0.4, -0.2) is 10.9 Å². The molecule has 4 fully saturated rings. The van der Waals surface area contributed by atoms with Crippen LogP contribution < -0.4 is 0 Å². The molecule has 0 radical (unpaired) electrons. The number of fused-ring (bicyclic) bond motifs is 5. The highest BCUT2D eigenvalue weighted by atomic mass is 16.2. The van der Waals surface area contributed by atoms with Crippen molar-refractivity contribution in [2.24, 2.45) is 52.3 Å². The van der Waals surface area contributed by atoms with Gasteiger partial charge in [0, 0.05) is 12.0 Å². The molecular weight excluding hydrogens is 368 g/mol. The molecule has 4 aliphatic carbocycles. The van der Waals surface area contributed by atoms with Gasteiger partial charge in [-0.25, -0.2) is 0 Å². The Balaban J connectivity index is 1.50. The van der Waals surface area contributed by atoms with Gasteiger partial charge in [-0.05, 0) is 97.2 Å². The first-order valence-corrected chi connectivity index (χ1v) is 13.1. The minimum Gasteiger partial charge on any atom is -0.515 e. The number of allylic oxidation sites excluding steroid dienone is 1. The Morgan fingerprint density at radius 2 is 1.73 bits per heavy atom. The summed E-state index contributed by atoms with van der Waals surface area (Å²) in [5, 5.41) is 9.67. The van der Waals surface area contributed by atoms with Gasteiger partial charge < -0.3 is 5.11 Å². The molecule has 0 aromatic carbocycles. The molecule has 0 heterocycles. The van der Waals surface area contributed by atoms with Crippen LogP contribution in [0.5, 0.6) is 0 Å². The smallest absolute Gasteiger partial charge is 0.162 e. The molecule has 0 amide bonds. The van der Waals surface area contributed by atoms with Crippen LogP contribution in [0.1, 0.15) is 105 Å². The van der Waals surface area contributed by atoms with E-state index in [1.807, 2.05) is 0 Å². The molecule has 4 rings (SSSR count). The summed E-state index contributed by atoms with van der Waals surface area (Å²) in [5.41, 5.74) is 1.45. The van der Waals surface area contributed by atoms with Crippen LogP contribution in [0.4, 0.5) is 0 Å². The van der Waals surface area contributed by atoms with Crippen LogP contribution in [0.15, 0.2) is 11.8 Å². The summed E-state index contributed by atoms with van der Waals surface area (Å²) in [5.74, 6) is 5.79. The normalized spacial score (nSPS) is 45.9. The van der Waals surface area contributed by atoms with E-state index in [9.17, 15) is 9.90 Å². The SMILES string of the molecule is CC(C)CCC[C@@H](C)[C@H]1CC[C@H]2[C@@H]3CC[C@@H]4CC(=O)/C(=C\O)C[C@]4(C)[C@H]3CC[C@]12C. The Morgan fingerprint density at radius 3 is 2.43 bits per heavy atom. The predicted octanol–water partition coefficient (Wildman–Crippen LogP) is 7.73. The largest absolute Gasteiger partial charge is 0.515 e. The lowest BCUT2D eigenvalue weighted by Gasteiger charge is -2.60. The van der Waals surface area contributed by atoms with Crippen LogP contribution in [0.2, 0.25) is 0 Å². The molecule has 2 nitrogen and oxygen atoms in total. The number of ketones is 1. The monoisotopic (exact) mass is 414 g/mol. The lowest BCUT2D eigenvalue weighted by molar-refractivity contribution is -0.133. The lowest BCUT2D eigenvalue weighted by atomic mass is 9.44. The van der Waals surface area contributed by atoms with E-state index in [2.05, 4.69) is 34.6 Å². The summed E-state index contributed by atoms with van der Waals surface area (Å²) in [6.45, 7) is 12.4. The Labute approximate surface area is 185 Å². The fraction of sp³-hybridized carbons (Fsp3) is 0.893. The summed E-state index contributed by atoms with van der Waals surface area (Å²) in [4.78, 5) is 12.4. The Hall–Kier alpha value is -0.790. The third kappa shape index (κ3) is 3.58.